The number of halogens is 3. The lowest BCUT2D eigenvalue weighted by molar-refractivity contribution is -0.137. The van der Waals surface area contributed by atoms with Crippen LogP contribution in [-0.2, 0) is 17.3 Å². The first-order valence-electron chi connectivity index (χ1n) is 10.4. The van der Waals surface area contributed by atoms with E-state index in [2.05, 4.69) is 4.99 Å². The van der Waals surface area contributed by atoms with Crippen molar-refractivity contribution in [1.82, 2.24) is 4.90 Å². The Kier molecular flexibility index (Phi) is 9.13. The quantitative estimate of drug-likeness (QED) is 0.402. The van der Waals surface area contributed by atoms with Gasteiger partial charge in [0, 0.05) is 19.2 Å². The van der Waals surface area contributed by atoms with E-state index in [9.17, 15) is 18.0 Å². The Morgan fingerprint density at radius 2 is 1.76 bits per heavy atom. The molecule has 0 fully saturated rings. The van der Waals surface area contributed by atoms with E-state index >= 15 is 0 Å². The number of likely N-dealkylation sites (N-methyl/N-ethyl adjacent to an activating group) is 1. The van der Waals surface area contributed by atoms with Gasteiger partial charge in [0.1, 0.15) is 0 Å². The normalized spacial score (nSPS) is 12.0. The predicted molar refractivity (Wildman–Crippen MR) is 120 cm³/mol. The molecule has 9 heteroatoms. The molecular weight excluding hydrogens is 437 g/mol. The van der Waals surface area contributed by atoms with Crippen LogP contribution in [0.3, 0.4) is 0 Å². The number of ether oxygens (including phenoxy) is 3. The van der Waals surface area contributed by atoms with Gasteiger partial charge in [-0.15, -0.1) is 0 Å². The highest BCUT2D eigenvalue weighted by Gasteiger charge is 2.31. The zero-order chi connectivity index (χ0) is 24.6. The summed E-state index contributed by atoms with van der Waals surface area (Å²) in [4.78, 5) is 18.3. The fourth-order valence-electron chi connectivity index (χ4n) is 2.88. The third kappa shape index (κ3) is 7.69. The van der Waals surface area contributed by atoms with Crippen LogP contribution in [0.2, 0.25) is 0 Å². The molecule has 0 aromatic heterocycles. The summed E-state index contributed by atoms with van der Waals surface area (Å²) in [5.41, 5.74) is -0.106. The fraction of sp³-hybridized carbons (Fsp3) is 0.417. The summed E-state index contributed by atoms with van der Waals surface area (Å²) in [5.74, 6) is 0.571. The van der Waals surface area contributed by atoms with Crippen LogP contribution in [-0.4, -0.2) is 51.2 Å². The molecule has 0 spiro atoms. The topological polar surface area (TPSA) is 60.4 Å². The van der Waals surface area contributed by atoms with E-state index in [0.717, 1.165) is 17.7 Å². The Morgan fingerprint density at radius 1 is 1.06 bits per heavy atom. The molecule has 0 unspecified atom stereocenters. The minimum Gasteiger partial charge on any atom is -0.493 e. The molecule has 0 atom stereocenters. The lowest BCUT2D eigenvalue weighted by atomic mass is 10.1. The Hall–Kier alpha value is -3.23. The second kappa shape index (κ2) is 11.6. The van der Waals surface area contributed by atoms with Crippen LogP contribution >= 0.6 is 0 Å². The molecular formula is C24H29F3N2O4. The highest BCUT2D eigenvalue weighted by molar-refractivity contribution is 6.01. The second-order valence-corrected chi connectivity index (χ2v) is 7.84. The summed E-state index contributed by atoms with van der Waals surface area (Å²) < 4.78 is 55.3. The van der Waals surface area contributed by atoms with Crippen molar-refractivity contribution < 1.29 is 32.2 Å². The molecule has 0 aliphatic heterocycles. The molecule has 0 saturated heterocycles. The largest absolute Gasteiger partial charge is 0.493 e. The number of amidine groups is 1. The summed E-state index contributed by atoms with van der Waals surface area (Å²) in [6.45, 7) is 4.63. The number of carbonyl (C=O) groups is 1. The fourth-order valence-corrected chi connectivity index (χ4v) is 2.88. The first-order chi connectivity index (χ1) is 15.5. The van der Waals surface area contributed by atoms with Gasteiger partial charge in [-0.1, -0.05) is 26.0 Å². The predicted octanol–water partition coefficient (Wildman–Crippen LogP) is 5.07. The minimum absolute atomic E-state index is 0.0478. The van der Waals surface area contributed by atoms with Crippen molar-refractivity contribution in [3.05, 3.63) is 59.2 Å². The van der Waals surface area contributed by atoms with Gasteiger partial charge >= 0.3 is 6.18 Å². The smallest absolute Gasteiger partial charge is 0.416 e. The van der Waals surface area contributed by atoms with Gasteiger partial charge < -0.3 is 19.1 Å². The number of hydrogen-bond donors (Lipinski definition) is 0. The molecule has 33 heavy (non-hydrogen) atoms. The number of hydrogen-bond acceptors (Lipinski definition) is 4. The van der Waals surface area contributed by atoms with E-state index in [1.807, 2.05) is 26.0 Å². The Bertz CT molecular complexity index is 974. The van der Waals surface area contributed by atoms with Crippen molar-refractivity contribution in [2.45, 2.75) is 26.4 Å². The van der Waals surface area contributed by atoms with E-state index < -0.39 is 17.6 Å². The molecule has 1 amide bonds. The van der Waals surface area contributed by atoms with Crippen LogP contribution in [0.1, 0.15) is 35.3 Å². The highest BCUT2D eigenvalue weighted by atomic mass is 19.4. The maximum Gasteiger partial charge on any atom is 0.416 e. The van der Waals surface area contributed by atoms with Crippen molar-refractivity contribution in [3.8, 4) is 11.5 Å². The molecule has 6 nitrogen and oxygen atoms in total. The Morgan fingerprint density at radius 3 is 2.36 bits per heavy atom. The van der Waals surface area contributed by atoms with Crippen molar-refractivity contribution >= 4 is 11.9 Å². The van der Waals surface area contributed by atoms with E-state index in [1.54, 1.807) is 32.2 Å². The van der Waals surface area contributed by atoms with Crippen LogP contribution in [0.4, 0.5) is 13.2 Å². The van der Waals surface area contributed by atoms with Crippen molar-refractivity contribution in [2.24, 2.45) is 10.9 Å². The standard InChI is InChI=1S/C24H29F3N2O4/c1-16(2)15-33-23(28-22(30)18-7-6-8-19(14-18)24(25,26)27)29(3)12-11-17-9-10-20(31-4)21(13-17)32-5/h6-10,13-14,16H,11-12,15H2,1-5H3. The van der Waals surface area contributed by atoms with Gasteiger partial charge in [-0.25, -0.2) is 0 Å². The summed E-state index contributed by atoms with van der Waals surface area (Å²) in [7, 11) is 4.82. The minimum atomic E-state index is -4.55. The number of amides is 1. The number of methoxy groups -OCH3 is 2. The van der Waals surface area contributed by atoms with Crippen molar-refractivity contribution in [2.75, 3.05) is 34.4 Å². The van der Waals surface area contributed by atoms with Gasteiger partial charge in [-0.05, 0) is 48.2 Å². The molecule has 0 aliphatic carbocycles. The number of benzene rings is 2. The van der Waals surface area contributed by atoms with Crippen LogP contribution in [0.15, 0.2) is 47.5 Å². The van der Waals surface area contributed by atoms with Gasteiger partial charge in [0.05, 0.1) is 26.4 Å². The van der Waals surface area contributed by atoms with Crippen molar-refractivity contribution in [1.29, 1.82) is 0 Å². The molecule has 2 aromatic carbocycles. The molecule has 0 radical (unpaired) electrons. The Balaban J connectivity index is 2.20. The Labute approximate surface area is 192 Å². The van der Waals surface area contributed by atoms with E-state index in [1.165, 1.54) is 12.1 Å². The van der Waals surface area contributed by atoms with E-state index in [-0.39, 0.29) is 17.5 Å². The van der Waals surface area contributed by atoms with Crippen LogP contribution in [0, 0.1) is 5.92 Å². The van der Waals surface area contributed by atoms with Crippen LogP contribution in [0.5, 0.6) is 11.5 Å². The molecule has 2 aromatic rings. The highest BCUT2D eigenvalue weighted by Crippen LogP contribution is 2.30. The molecule has 0 aliphatic rings. The number of carbonyl (C=O) groups excluding carboxylic acids is 1. The first kappa shape index (κ1) is 26.0. The molecule has 0 bridgehead atoms. The van der Waals surface area contributed by atoms with E-state index in [0.29, 0.717) is 31.1 Å². The van der Waals surface area contributed by atoms with E-state index in [4.69, 9.17) is 14.2 Å². The van der Waals surface area contributed by atoms with Crippen LogP contribution < -0.4 is 9.47 Å². The number of alkyl halides is 3. The third-order valence-electron chi connectivity index (χ3n) is 4.69. The molecule has 180 valence electrons. The lowest BCUT2D eigenvalue weighted by Crippen LogP contribution is -2.33. The van der Waals surface area contributed by atoms with Gasteiger partial charge in [0.15, 0.2) is 11.5 Å². The maximum absolute atomic E-state index is 13.0. The average molecular weight is 467 g/mol. The first-order valence-corrected chi connectivity index (χ1v) is 10.4. The molecule has 0 saturated carbocycles. The second-order valence-electron chi connectivity index (χ2n) is 7.84. The molecule has 0 N–H and O–H groups in total. The monoisotopic (exact) mass is 466 g/mol. The average Bonchev–Trinajstić information content (AvgIpc) is 2.79. The molecule has 2 rings (SSSR count). The number of aliphatic imine (C=N–C) groups is 1. The third-order valence-corrected chi connectivity index (χ3v) is 4.69. The number of rotatable bonds is 8. The molecule has 0 heterocycles. The summed E-state index contributed by atoms with van der Waals surface area (Å²) in [6, 6.07) is 9.77. The summed E-state index contributed by atoms with van der Waals surface area (Å²) in [5, 5.41) is 0. The summed E-state index contributed by atoms with van der Waals surface area (Å²) >= 11 is 0. The van der Waals surface area contributed by atoms with Gasteiger partial charge in [-0.2, -0.15) is 18.2 Å². The zero-order valence-corrected chi connectivity index (χ0v) is 19.4. The zero-order valence-electron chi connectivity index (χ0n) is 19.4. The van der Waals surface area contributed by atoms with Gasteiger partial charge in [0.2, 0.25) is 0 Å². The van der Waals surface area contributed by atoms with Gasteiger partial charge in [-0.3, -0.25) is 4.79 Å². The van der Waals surface area contributed by atoms with Gasteiger partial charge in [0.25, 0.3) is 11.9 Å². The maximum atomic E-state index is 13.0. The SMILES string of the molecule is COc1ccc(CCN(C)C(=NC(=O)c2cccc(C(F)(F)F)c2)OCC(C)C)cc1OC. The lowest BCUT2D eigenvalue weighted by Gasteiger charge is -2.22. The van der Waals surface area contributed by atoms with Crippen molar-refractivity contribution in [3.63, 3.8) is 0 Å². The summed E-state index contributed by atoms with van der Waals surface area (Å²) in [6.07, 6.45) is -3.97. The number of nitrogens with zero attached hydrogens (tertiary/aromatic N) is 2. The van der Waals surface area contributed by atoms with Crippen LogP contribution in [0.25, 0.3) is 0 Å².